The Balaban J connectivity index is 1.02. The normalized spacial score (nSPS) is 19.0. The lowest BCUT2D eigenvalue weighted by molar-refractivity contribution is -0.172. The average molecular weight is 785 g/mol. The molecule has 5 amide bonds. The largest absolute Gasteiger partial charge is 0.458 e. The van der Waals surface area contributed by atoms with E-state index in [2.05, 4.69) is 16.0 Å². The fourth-order valence-electron chi connectivity index (χ4n) is 7.80. The van der Waals surface area contributed by atoms with Crippen molar-refractivity contribution in [3.63, 3.8) is 0 Å². The second-order valence-corrected chi connectivity index (χ2v) is 16.0. The minimum atomic E-state index is -1.92. The van der Waals surface area contributed by atoms with E-state index in [4.69, 9.17) is 9.72 Å². The van der Waals surface area contributed by atoms with Crippen molar-refractivity contribution in [1.29, 1.82) is 0 Å². The minimum Gasteiger partial charge on any atom is -0.458 e. The number of aliphatic hydroxyl groups is 1. The maximum absolute atomic E-state index is 13.7. The number of unbranched alkanes of at least 4 members (excludes halogenated alkanes) is 2. The van der Waals surface area contributed by atoms with Gasteiger partial charge in [-0.25, -0.2) is 9.78 Å². The van der Waals surface area contributed by atoms with Gasteiger partial charge in [0.25, 0.3) is 17.4 Å². The molecule has 0 saturated carbocycles. The average Bonchev–Trinajstić information content (AvgIpc) is 3.71. The molecule has 7 rings (SSSR count). The van der Waals surface area contributed by atoms with Crippen LogP contribution in [-0.4, -0.2) is 73.7 Å². The van der Waals surface area contributed by atoms with Gasteiger partial charge < -0.3 is 30.4 Å². The van der Waals surface area contributed by atoms with E-state index in [1.807, 2.05) is 6.07 Å². The second kappa shape index (κ2) is 15.3. The molecule has 3 atom stereocenters. The number of carbonyl (C=O) groups is 6. The van der Waals surface area contributed by atoms with Crippen LogP contribution in [0.4, 0.5) is 5.69 Å². The van der Waals surface area contributed by atoms with Crippen molar-refractivity contribution < 1.29 is 38.6 Å². The summed E-state index contributed by atoms with van der Waals surface area (Å²) in [6.07, 6.45) is 4.39. The Morgan fingerprint density at radius 2 is 1.68 bits per heavy atom. The standard InChI is InChI=1S/C40H44N6O9S/c1-5-40(54)26-15-29-35-22(16-46(29)38(52)23(26)17-55-39(40)53)24-18-56-19-25-27(10-11-28(42-35)33(24)25)43-36(50)21(4)41-37(51)34(20(2)3)44-30(47)9-7-6-8-14-45-31(48)12-13-32(45)49/h10-13,15,20-21,34,54H,5-9,14,16-19H2,1-4H3,(H,41,51)(H,43,50)(H,44,47)/t21-,34-,40-/m0/s1. The maximum Gasteiger partial charge on any atom is 0.343 e. The molecule has 4 aliphatic heterocycles. The first kappa shape index (κ1) is 38.9. The number of cyclic esters (lactones) is 1. The number of ether oxygens (including phenoxy) is 1. The van der Waals surface area contributed by atoms with Crippen LogP contribution in [0.2, 0.25) is 0 Å². The Kier molecular flexibility index (Phi) is 10.6. The third kappa shape index (κ3) is 6.89. The predicted octanol–water partition coefficient (Wildman–Crippen LogP) is 2.90. The molecule has 1 aromatic carbocycles. The Morgan fingerprint density at radius 1 is 0.946 bits per heavy atom. The molecule has 0 saturated heterocycles. The van der Waals surface area contributed by atoms with E-state index < -0.39 is 35.5 Å². The monoisotopic (exact) mass is 784 g/mol. The van der Waals surface area contributed by atoms with E-state index >= 15 is 0 Å². The van der Waals surface area contributed by atoms with Gasteiger partial charge in [-0.1, -0.05) is 27.2 Å². The van der Waals surface area contributed by atoms with Crippen LogP contribution in [0, 0.1) is 5.92 Å². The highest BCUT2D eigenvalue weighted by Gasteiger charge is 2.45. The van der Waals surface area contributed by atoms with Crippen LogP contribution in [0.25, 0.3) is 22.3 Å². The van der Waals surface area contributed by atoms with Gasteiger partial charge in [-0.2, -0.15) is 11.8 Å². The summed E-state index contributed by atoms with van der Waals surface area (Å²) in [4.78, 5) is 95.5. The molecule has 3 aromatic rings. The molecular formula is C40H44N6O9S. The molecule has 15 nitrogen and oxygen atoms in total. The van der Waals surface area contributed by atoms with Crippen LogP contribution < -0.4 is 21.5 Å². The Hall–Kier alpha value is -5.35. The first-order chi connectivity index (χ1) is 26.7. The van der Waals surface area contributed by atoms with Crippen LogP contribution in [0.3, 0.4) is 0 Å². The molecule has 0 radical (unpaired) electrons. The first-order valence-corrected chi connectivity index (χ1v) is 20.0. The van der Waals surface area contributed by atoms with E-state index in [0.29, 0.717) is 53.4 Å². The van der Waals surface area contributed by atoms with Crippen LogP contribution in [0.15, 0.2) is 35.1 Å². The Labute approximate surface area is 326 Å². The number of fused-ring (bicyclic) bond motifs is 5. The summed E-state index contributed by atoms with van der Waals surface area (Å²) in [5, 5.41) is 20.7. The number of imide groups is 1. The Bertz CT molecular complexity index is 2280. The number of thioether (sulfide) groups is 1. The second-order valence-electron chi connectivity index (χ2n) is 15.0. The van der Waals surface area contributed by atoms with E-state index in [1.165, 1.54) is 12.2 Å². The summed E-state index contributed by atoms with van der Waals surface area (Å²) in [6, 6.07) is 3.47. The van der Waals surface area contributed by atoms with Gasteiger partial charge in [-0.15, -0.1) is 0 Å². The van der Waals surface area contributed by atoms with Crippen molar-refractivity contribution in [2.24, 2.45) is 5.92 Å². The number of amides is 5. The number of benzene rings is 1. The highest BCUT2D eigenvalue weighted by Crippen LogP contribution is 2.45. The molecule has 4 N–H and O–H groups in total. The zero-order valence-electron chi connectivity index (χ0n) is 31.7. The summed E-state index contributed by atoms with van der Waals surface area (Å²) < 4.78 is 6.82. The topological polar surface area (TPSA) is 206 Å². The summed E-state index contributed by atoms with van der Waals surface area (Å²) >= 11 is 1.66. The van der Waals surface area contributed by atoms with E-state index in [-0.39, 0.29) is 72.9 Å². The van der Waals surface area contributed by atoms with Gasteiger partial charge in [-0.05, 0) is 61.4 Å². The molecule has 0 unspecified atom stereocenters. The number of pyridine rings is 2. The molecule has 0 aliphatic carbocycles. The highest BCUT2D eigenvalue weighted by molar-refractivity contribution is 7.97. The van der Waals surface area contributed by atoms with E-state index in [0.717, 1.165) is 27.0 Å². The predicted molar refractivity (Wildman–Crippen MR) is 207 cm³/mol. The number of esters is 1. The molecule has 56 heavy (non-hydrogen) atoms. The summed E-state index contributed by atoms with van der Waals surface area (Å²) in [6.45, 7) is 7.18. The van der Waals surface area contributed by atoms with Gasteiger partial charge >= 0.3 is 5.97 Å². The van der Waals surface area contributed by atoms with Crippen LogP contribution in [0.1, 0.15) is 87.6 Å². The molecular weight excluding hydrogens is 741 g/mol. The van der Waals surface area contributed by atoms with E-state index in [1.54, 1.807) is 56.2 Å². The smallest absolute Gasteiger partial charge is 0.343 e. The Morgan fingerprint density at radius 3 is 2.39 bits per heavy atom. The lowest BCUT2D eigenvalue weighted by Crippen LogP contribution is -2.53. The first-order valence-electron chi connectivity index (χ1n) is 18.9. The van der Waals surface area contributed by atoms with Crippen molar-refractivity contribution in [3.05, 3.63) is 68.5 Å². The number of aromatic nitrogens is 2. The van der Waals surface area contributed by atoms with Crippen molar-refractivity contribution in [1.82, 2.24) is 25.1 Å². The molecule has 294 valence electrons. The number of rotatable bonds is 13. The van der Waals surface area contributed by atoms with Crippen molar-refractivity contribution in [2.75, 3.05) is 11.9 Å². The SMILES string of the molecule is CC[C@@]1(O)C(=O)OCc2c1cc1n(c2=O)Cc2c-1nc1ccc(NC(=O)[C@H](C)NC(=O)[C@@H](NC(=O)CCCCCN3C(=O)C=CC3=O)C(C)C)c3c1c2CSC3. The molecule has 0 fully saturated rings. The van der Waals surface area contributed by atoms with Gasteiger partial charge in [0, 0.05) is 58.8 Å². The number of anilines is 1. The third-order valence-electron chi connectivity index (χ3n) is 11.0. The maximum atomic E-state index is 13.7. The number of hydrogen-bond donors (Lipinski definition) is 4. The van der Waals surface area contributed by atoms with Gasteiger partial charge in [-0.3, -0.25) is 33.7 Å². The van der Waals surface area contributed by atoms with Crippen molar-refractivity contribution in [3.8, 4) is 11.4 Å². The lowest BCUT2D eigenvalue weighted by Gasteiger charge is -2.31. The van der Waals surface area contributed by atoms with Gasteiger partial charge in [0.2, 0.25) is 17.7 Å². The van der Waals surface area contributed by atoms with Crippen molar-refractivity contribution in [2.45, 2.75) is 102 Å². The number of nitrogens with zero attached hydrogens (tertiary/aromatic N) is 3. The fraction of sp³-hybridized carbons (Fsp3) is 0.450. The van der Waals surface area contributed by atoms with Crippen LogP contribution in [-0.2, 0) is 63.8 Å². The molecule has 2 aromatic heterocycles. The van der Waals surface area contributed by atoms with Crippen LogP contribution in [0.5, 0.6) is 0 Å². The molecule has 0 spiro atoms. The molecule has 6 heterocycles. The summed E-state index contributed by atoms with van der Waals surface area (Å²) in [7, 11) is 0. The van der Waals surface area contributed by atoms with Gasteiger partial charge in [0.05, 0.1) is 29.0 Å². The summed E-state index contributed by atoms with van der Waals surface area (Å²) in [5.41, 5.74) is 3.40. The fourth-order valence-corrected chi connectivity index (χ4v) is 8.92. The van der Waals surface area contributed by atoms with E-state index in [9.17, 15) is 38.7 Å². The molecule has 4 aliphatic rings. The highest BCUT2D eigenvalue weighted by atomic mass is 32.2. The zero-order chi connectivity index (χ0) is 40.1. The number of carbonyl (C=O) groups excluding carboxylic acids is 6. The summed E-state index contributed by atoms with van der Waals surface area (Å²) in [5.74, 6) is -1.70. The minimum absolute atomic E-state index is 0.0484. The number of hydrogen-bond acceptors (Lipinski definition) is 11. The van der Waals surface area contributed by atoms with Crippen molar-refractivity contribution >= 4 is 63.9 Å². The quantitative estimate of drug-likeness (QED) is 0.0881. The molecule has 0 bridgehead atoms. The van der Waals surface area contributed by atoms with Gasteiger partial charge in [0.1, 0.15) is 18.7 Å². The van der Waals surface area contributed by atoms with Crippen LogP contribution >= 0.6 is 11.8 Å². The molecule has 16 heteroatoms. The zero-order valence-corrected chi connectivity index (χ0v) is 32.5. The van der Waals surface area contributed by atoms with Gasteiger partial charge in [0.15, 0.2) is 5.60 Å². The third-order valence-corrected chi connectivity index (χ3v) is 12.0. The lowest BCUT2D eigenvalue weighted by atomic mass is 9.86. The number of nitrogens with one attached hydrogen (secondary N) is 3.